The third kappa shape index (κ3) is 3.59. The summed E-state index contributed by atoms with van der Waals surface area (Å²) in [6.45, 7) is 7.15. The molecule has 3 unspecified atom stereocenters. The Hall–Kier alpha value is -0.800. The van der Waals surface area contributed by atoms with E-state index in [1.54, 1.807) is 0 Å². The lowest BCUT2D eigenvalue weighted by Gasteiger charge is -2.39. The Morgan fingerprint density at radius 3 is 2.67 bits per heavy atom. The van der Waals surface area contributed by atoms with Gasteiger partial charge < -0.3 is 10.4 Å². The molecular formula is C15H29N2O+. The minimum Gasteiger partial charge on any atom is -0.345 e. The molecule has 0 aliphatic carbocycles. The number of hydrogen-bond donors (Lipinski definition) is 2. The van der Waals surface area contributed by atoms with Gasteiger partial charge >= 0.3 is 0 Å². The number of nitrogens with one attached hydrogen (secondary N) is 1. The fraction of sp³-hybridized carbons (Fsp3) is 0.733. The number of hydrogen-bond acceptors (Lipinski definition) is 2. The number of allylic oxidation sites excluding steroid dienone is 2. The zero-order chi connectivity index (χ0) is 13.4. The summed E-state index contributed by atoms with van der Waals surface area (Å²) < 4.78 is 0.651. The van der Waals surface area contributed by atoms with Gasteiger partial charge in [0.25, 0.3) is 0 Å². The van der Waals surface area contributed by atoms with Gasteiger partial charge in [-0.1, -0.05) is 25.5 Å². The first-order valence-corrected chi connectivity index (χ1v) is 7.31. The third-order valence-corrected chi connectivity index (χ3v) is 3.93. The van der Waals surface area contributed by atoms with Gasteiger partial charge in [0.2, 0.25) is 0 Å². The minimum atomic E-state index is -0.345. The van der Waals surface area contributed by atoms with Crippen LogP contribution < -0.4 is 5.32 Å². The van der Waals surface area contributed by atoms with Gasteiger partial charge in [-0.3, -0.25) is 4.48 Å². The number of quaternary nitrogens is 1. The van der Waals surface area contributed by atoms with Crippen LogP contribution in [-0.2, 0) is 0 Å². The summed E-state index contributed by atoms with van der Waals surface area (Å²) in [5, 5.41) is 13.4. The van der Waals surface area contributed by atoms with Gasteiger partial charge in [0.15, 0.2) is 12.4 Å². The summed E-state index contributed by atoms with van der Waals surface area (Å²) in [6, 6.07) is 0. The Bertz CT molecular complexity index is 286. The van der Waals surface area contributed by atoms with Crippen molar-refractivity contribution >= 4 is 0 Å². The molecule has 0 aromatic carbocycles. The monoisotopic (exact) mass is 253 g/mol. The maximum Gasteiger partial charge on any atom is 0.193 e. The van der Waals surface area contributed by atoms with Gasteiger partial charge in [0.1, 0.15) is 6.20 Å². The molecule has 0 fully saturated rings. The van der Waals surface area contributed by atoms with E-state index in [1.165, 1.54) is 19.3 Å². The largest absolute Gasteiger partial charge is 0.345 e. The summed E-state index contributed by atoms with van der Waals surface area (Å²) in [6.07, 6.45) is 14.5. The van der Waals surface area contributed by atoms with Gasteiger partial charge in [-0.2, -0.15) is 0 Å². The molecule has 0 aromatic rings. The van der Waals surface area contributed by atoms with E-state index in [9.17, 15) is 5.11 Å². The van der Waals surface area contributed by atoms with E-state index >= 15 is 0 Å². The van der Waals surface area contributed by atoms with Crippen molar-refractivity contribution in [3.63, 3.8) is 0 Å². The van der Waals surface area contributed by atoms with E-state index < -0.39 is 0 Å². The maximum atomic E-state index is 10.0. The van der Waals surface area contributed by atoms with Gasteiger partial charge in [-0.15, -0.1) is 0 Å². The zero-order valence-corrected chi connectivity index (χ0v) is 12.1. The zero-order valence-electron chi connectivity index (χ0n) is 12.1. The van der Waals surface area contributed by atoms with Crippen LogP contribution in [0.25, 0.3) is 0 Å². The van der Waals surface area contributed by atoms with Crippen LogP contribution in [0.1, 0.15) is 52.9 Å². The second kappa shape index (κ2) is 7.59. The van der Waals surface area contributed by atoms with Crippen molar-refractivity contribution in [3.8, 4) is 0 Å². The van der Waals surface area contributed by atoms with Crippen LogP contribution in [0, 0.1) is 0 Å². The molecule has 1 aliphatic heterocycles. The molecule has 2 N–H and O–H groups in total. The lowest BCUT2D eigenvalue weighted by Crippen LogP contribution is -2.57. The van der Waals surface area contributed by atoms with Crippen molar-refractivity contribution in [1.29, 1.82) is 0 Å². The predicted octanol–water partition coefficient (Wildman–Crippen LogP) is 3.09. The second-order valence-corrected chi connectivity index (χ2v) is 5.13. The molecule has 104 valence electrons. The third-order valence-electron chi connectivity index (χ3n) is 3.93. The van der Waals surface area contributed by atoms with E-state index in [1.807, 2.05) is 13.1 Å². The van der Waals surface area contributed by atoms with Crippen LogP contribution in [0.3, 0.4) is 0 Å². The SMILES string of the molecule is CCC/C=C/CCCC1NC=C[N+]1(CC)C(C)O. The average Bonchev–Trinajstić information content (AvgIpc) is 2.77. The highest BCUT2D eigenvalue weighted by atomic mass is 16.3. The molecule has 0 saturated heterocycles. The van der Waals surface area contributed by atoms with Crippen molar-refractivity contribution < 1.29 is 9.59 Å². The van der Waals surface area contributed by atoms with Gasteiger partial charge in [-0.25, -0.2) is 0 Å². The highest BCUT2D eigenvalue weighted by Crippen LogP contribution is 2.25. The van der Waals surface area contributed by atoms with Crippen LogP contribution >= 0.6 is 0 Å². The molecule has 0 spiro atoms. The van der Waals surface area contributed by atoms with Gasteiger partial charge in [0, 0.05) is 13.3 Å². The lowest BCUT2D eigenvalue weighted by atomic mass is 10.1. The molecule has 3 nitrogen and oxygen atoms in total. The number of rotatable bonds is 8. The van der Waals surface area contributed by atoms with Gasteiger partial charge in [0.05, 0.1) is 12.7 Å². The van der Waals surface area contributed by atoms with E-state index in [4.69, 9.17) is 0 Å². The summed E-state index contributed by atoms with van der Waals surface area (Å²) in [5.74, 6) is 0. The second-order valence-electron chi connectivity index (χ2n) is 5.13. The molecule has 0 radical (unpaired) electrons. The van der Waals surface area contributed by atoms with Crippen LogP contribution in [0.15, 0.2) is 24.6 Å². The van der Waals surface area contributed by atoms with Crippen molar-refractivity contribution in [2.75, 3.05) is 6.54 Å². The molecule has 0 amide bonds. The van der Waals surface area contributed by atoms with E-state index in [-0.39, 0.29) is 6.23 Å². The van der Waals surface area contributed by atoms with Crippen molar-refractivity contribution in [3.05, 3.63) is 24.6 Å². The average molecular weight is 253 g/mol. The van der Waals surface area contributed by atoms with E-state index in [0.29, 0.717) is 10.6 Å². The first kappa shape index (κ1) is 15.3. The first-order valence-electron chi connectivity index (χ1n) is 7.31. The molecule has 1 aliphatic rings. The number of aliphatic hydroxyl groups is 1. The standard InChI is InChI=1S/C15H29N2O/c1-4-6-7-8-9-10-11-15-16-12-13-17(15,5-2)14(3)18/h7-8,12-16,18H,4-6,9-11H2,1-3H3/q+1/b8-7+. The Morgan fingerprint density at radius 1 is 1.33 bits per heavy atom. The van der Waals surface area contributed by atoms with Crippen LogP contribution in [0.2, 0.25) is 0 Å². The molecule has 0 saturated carbocycles. The molecule has 3 heteroatoms. The molecule has 1 rings (SSSR count). The highest BCUT2D eigenvalue weighted by Gasteiger charge is 2.40. The van der Waals surface area contributed by atoms with Crippen molar-refractivity contribution in [1.82, 2.24) is 5.32 Å². The fourth-order valence-corrected chi connectivity index (χ4v) is 2.67. The number of nitrogens with zero attached hydrogens (tertiary/aromatic N) is 1. The van der Waals surface area contributed by atoms with E-state index in [0.717, 1.165) is 19.4 Å². The van der Waals surface area contributed by atoms with Crippen LogP contribution in [-0.4, -0.2) is 28.5 Å². The van der Waals surface area contributed by atoms with Crippen LogP contribution in [0.5, 0.6) is 0 Å². The minimum absolute atomic E-state index is 0.328. The molecule has 0 bridgehead atoms. The summed E-state index contributed by atoms with van der Waals surface area (Å²) in [7, 11) is 0. The highest BCUT2D eigenvalue weighted by molar-refractivity contribution is 4.86. The topological polar surface area (TPSA) is 32.3 Å². The quantitative estimate of drug-likeness (QED) is 0.396. The summed E-state index contributed by atoms with van der Waals surface area (Å²) in [4.78, 5) is 0. The predicted molar refractivity (Wildman–Crippen MR) is 76.4 cm³/mol. The summed E-state index contributed by atoms with van der Waals surface area (Å²) in [5.41, 5.74) is 0. The van der Waals surface area contributed by atoms with E-state index in [2.05, 4.69) is 37.5 Å². The number of unbranched alkanes of at least 4 members (excludes halogenated alkanes) is 2. The van der Waals surface area contributed by atoms with Crippen molar-refractivity contribution in [2.24, 2.45) is 0 Å². The lowest BCUT2D eigenvalue weighted by molar-refractivity contribution is -0.942. The van der Waals surface area contributed by atoms with Gasteiger partial charge in [-0.05, 0) is 26.2 Å². The normalized spacial score (nSPS) is 28.8. The molecule has 1 heterocycles. The smallest absolute Gasteiger partial charge is 0.193 e. The first-order chi connectivity index (χ1) is 8.67. The molecule has 18 heavy (non-hydrogen) atoms. The number of aliphatic hydroxyl groups excluding tert-OH is 1. The van der Waals surface area contributed by atoms with Crippen molar-refractivity contribution in [2.45, 2.75) is 65.3 Å². The Kier molecular flexibility index (Phi) is 6.44. The molecule has 3 atom stereocenters. The Balaban J connectivity index is 2.38. The molecular weight excluding hydrogens is 224 g/mol. The molecule has 0 aromatic heterocycles. The fourth-order valence-electron chi connectivity index (χ4n) is 2.67. The Morgan fingerprint density at radius 2 is 2.06 bits per heavy atom. The summed E-state index contributed by atoms with van der Waals surface area (Å²) >= 11 is 0. The Labute approximate surface area is 112 Å². The maximum absolute atomic E-state index is 10.0. The van der Waals surface area contributed by atoms with Crippen LogP contribution in [0.4, 0.5) is 0 Å².